The zero-order valence-electron chi connectivity index (χ0n) is 10.6. The lowest BCUT2D eigenvalue weighted by Gasteiger charge is -2.36. The number of rotatable bonds is 2. The first kappa shape index (κ1) is 12.0. The van der Waals surface area contributed by atoms with Crippen LogP contribution in [0.25, 0.3) is 0 Å². The molecule has 1 heterocycles. The molecule has 2 heteroatoms. The van der Waals surface area contributed by atoms with Gasteiger partial charge < -0.3 is 5.32 Å². The molecule has 0 amide bonds. The van der Waals surface area contributed by atoms with Gasteiger partial charge >= 0.3 is 0 Å². The fourth-order valence-corrected chi connectivity index (χ4v) is 3.64. The third kappa shape index (κ3) is 2.14. The van der Waals surface area contributed by atoms with Crippen molar-refractivity contribution in [2.24, 2.45) is 5.92 Å². The summed E-state index contributed by atoms with van der Waals surface area (Å²) in [5.74, 6) is 0.694. The van der Waals surface area contributed by atoms with Gasteiger partial charge in [0.15, 0.2) is 0 Å². The third-order valence-corrected chi connectivity index (χ3v) is 4.93. The van der Waals surface area contributed by atoms with E-state index in [2.05, 4.69) is 51.2 Å². The van der Waals surface area contributed by atoms with Crippen molar-refractivity contribution < 1.29 is 0 Å². The molecule has 16 heavy (non-hydrogen) atoms. The highest BCUT2D eigenvalue weighted by Gasteiger charge is 2.31. The van der Waals surface area contributed by atoms with Crippen LogP contribution in [0.3, 0.4) is 0 Å². The molecule has 88 valence electrons. The summed E-state index contributed by atoms with van der Waals surface area (Å²) in [6, 6.07) is 7.37. The Kier molecular flexibility index (Phi) is 3.60. The SMILES string of the molecule is CCNC1c2cc(C)ccc2SC(C)C1C. The van der Waals surface area contributed by atoms with Gasteiger partial charge in [0.1, 0.15) is 0 Å². The van der Waals surface area contributed by atoms with Crippen LogP contribution in [-0.2, 0) is 0 Å². The lowest BCUT2D eigenvalue weighted by molar-refractivity contribution is 0.379. The highest BCUT2D eigenvalue weighted by atomic mass is 32.2. The molecule has 3 atom stereocenters. The van der Waals surface area contributed by atoms with E-state index in [0.29, 0.717) is 17.2 Å². The summed E-state index contributed by atoms with van der Waals surface area (Å²) < 4.78 is 0. The monoisotopic (exact) mass is 235 g/mol. The van der Waals surface area contributed by atoms with Crippen molar-refractivity contribution in [3.63, 3.8) is 0 Å². The molecule has 0 aromatic heterocycles. The molecule has 0 saturated carbocycles. The van der Waals surface area contributed by atoms with E-state index in [-0.39, 0.29) is 0 Å². The average Bonchev–Trinajstić information content (AvgIpc) is 2.26. The number of thioether (sulfide) groups is 1. The zero-order valence-corrected chi connectivity index (χ0v) is 11.4. The van der Waals surface area contributed by atoms with E-state index >= 15 is 0 Å². The van der Waals surface area contributed by atoms with Gasteiger partial charge in [-0.25, -0.2) is 0 Å². The van der Waals surface area contributed by atoms with Gasteiger partial charge in [0.2, 0.25) is 0 Å². The first-order chi connectivity index (χ1) is 7.63. The third-order valence-electron chi connectivity index (χ3n) is 3.50. The van der Waals surface area contributed by atoms with Gasteiger partial charge in [-0.05, 0) is 31.0 Å². The summed E-state index contributed by atoms with van der Waals surface area (Å²) in [6.45, 7) is 10.1. The Morgan fingerprint density at radius 1 is 1.31 bits per heavy atom. The van der Waals surface area contributed by atoms with Crippen molar-refractivity contribution in [3.05, 3.63) is 29.3 Å². The van der Waals surface area contributed by atoms with E-state index < -0.39 is 0 Å². The van der Waals surface area contributed by atoms with Crippen LogP contribution in [0.15, 0.2) is 23.1 Å². The maximum atomic E-state index is 3.63. The number of hydrogen-bond acceptors (Lipinski definition) is 2. The van der Waals surface area contributed by atoms with Crippen molar-refractivity contribution in [3.8, 4) is 0 Å². The van der Waals surface area contributed by atoms with Crippen molar-refractivity contribution in [2.45, 2.75) is 43.9 Å². The van der Waals surface area contributed by atoms with Gasteiger partial charge in [-0.1, -0.05) is 38.5 Å². The number of nitrogens with one attached hydrogen (secondary N) is 1. The lowest BCUT2D eigenvalue weighted by atomic mass is 9.90. The minimum atomic E-state index is 0.524. The van der Waals surface area contributed by atoms with E-state index in [0.717, 1.165) is 6.54 Å². The maximum Gasteiger partial charge on any atom is 0.0367 e. The zero-order chi connectivity index (χ0) is 11.7. The molecule has 1 nitrogen and oxygen atoms in total. The van der Waals surface area contributed by atoms with Crippen LogP contribution < -0.4 is 5.32 Å². The Labute approximate surface area is 103 Å². The molecule has 0 bridgehead atoms. The van der Waals surface area contributed by atoms with Crippen LogP contribution in [-0.4, -0.2) is 11.8 Å². The second-order valence-corrected chi connectivity index (χ2v) is 6.18. The van der Waals surface area contributed by atoms with Gasteiger partial charge in [0.05, 0.1) is 0 Å². The van der Waals surface area contributed by atoms with Gasteiger partial charge in [0.25, 0.3) is 0 Å². The minimum absolute atomic E-state index is 0.524. The average molecular weight is 235 g/mol. The molecule has 1 aliphatic rings. The number of hydrogen-bond donors (Lipinski definition) is 1. The van der Waals surface area contributed by atoms with Gasteiger partial charge in [-0.3, -0.25) is 0 Å². The molecule has 0 radical (unpaired) electrons. The summed E-state index contributed by atoms with van der Waals surface area (Å²) in [5, 5.41) is 4.33. The van der Waals surface area contributed by atoms with Crippen LogP contribution in [0.2, 0.25) is 0 Å². The van der Waals surface area contributed by atoms with Crippen LogP contribution in [0, 0.1) is 12.8 Å². The summed E-state index contributed by atoms with van der Waals surface area (Å²) in [5.41, 5.74) is 2.86. The second-order valence-electron chi connectivity index (χ2n) is 4.76. The Morgan fingerprint density at radius 2 is 2.06 bits per heavy atom. The fourth-order valence-electron chi connectivity index (χ4n) is 2.40. The smallest absolute Gasteiger partial charge is 0.0367 e. The molecular formula is C14H21NS. The molecule has 3 unspecified atom stereocenters. The van der Waals surface area contributed by atoms with E-state index in [4.69, 9.17) is 0 Å². The topological polar surface area (TPSA) is 12.0 Å². The minimum Gasteiger partial charge on any atom is -0.310 e. The van der Waals surface area contributed by atoms with E-state index in [1.54, 1.807) is 0 Å². The van der Waals surface area contributed by atoms with E-state index in [1.165, 1.54) is 16.0 Å². The second kappa shape index (κ2) is 4.80. The summed E-state index contributed by atoms with van der Waals surface area (Å²) in [6.07, 6.45) is 0. The summed E-state index contributed by atoms with van der Waals surface area (Å²) in [4.78, 5) is 1.46. The number of aryl methyl sites for hydroxylation is 1. The van der Waals surface area contributed by atoms with Crippen LogP contribution in [0.1, 0.15) is 37.9 Å². The Balaban J connectivity index is 2.40. The van der Waals surface area contributed by atoms with Crippen molar-refractivity contribution in [2.75, 3.05) is 6.54 Å². The van der Waals surface area contributed by atoms with Crippen molar-refractivity contribution in [1.29, 1.82) is 0 Å². The Bertz CT molecular complexity index is 375. The molecule has 2 rings (SSSR count). The van der Waals surface area contributed by atoms with Gasteiger partial charge in [-0.15, -0.1) is 11.8 Å². The van der Waals surface area contributed by atoms with Crippen molar-refractivity contribution in [1.82, 2.24) is 5.32 Å². The summed E-state index contributed by atoms with van der Waals surface area (Å²) in [7, 11) is 0. The molecule has 1 N–H and O–H groups in total. The van der Waals surface area contributed by atoms with Crippen LogP contribution in [0.4, 0.5) is 0 Å². The number of fused-ring (bicyclic) bond motifs is 1. The largest absolute Gasteiger partial charge is 0.310 e. The molecule has 0 aliphatic carbocycles. The molecule has 0 saturated heterocycles. The quantitative estimate of drug-likeness (QED) is 0.837. The Hall–Kier alpha value is -0.470. The molecule has 1 aromatic carbocycles. The van der Waals surface area contributed by atoms with E-state index in [1.807, 2.05) is 11.8 Å². The van der Waals surface area contributed by atoms with Crippen LogP contribution >= 0.6 is 11.8 Å². The van der Waals surface area contributed by atoms with Gasteiger partial charge in [-0.2, -0.15) is 0 Å². The van der Waals surface area contributed by atoms with Crippen LogP contribution in [0.5, 0.6) is 0 Å². The standard InChI is InChI=1S/C14H21NS/c1-5-15-14-10(3)11(4)16-13-7-6-9(2)8-12(13)14/h6-8,10-11,14-15H,5H2,1-4H3. The lowest BCUT2D eigenvalue weighted by Crippen LogP contribution is -2.34. The van der Waals surface area contributed by atoms with E-state index in [9.17, 15) is 0 Å². The number of benzene rings is 1. The van der Waals surface area contributed by atoms with Crippen molar-refractivity contribution >= 4 is 11.8 Å². The fraction of sp³-hybridized carbons (Fsp3) is 0.571. The molecule has 1 aromatic rings. The molecule has 0 spiro atoms. The molecule has 1 aliphatic heterocycles. The predicted molar refractivity (Wildman–Crippen MR) is 72.1 cm³/mol. The first-order valence-electron chi connectivity index (χ1n) is 6.14. The highest BCUT2D eigenvalue weighted by molar-refractivity contribution is 8.00. The van der Waals surface area contributed by atoms with Gasteiger partial charge in [0, 0.05) is 16.2 Å². The normalized spacial score (nSPS) is 28.9. The maximum absolute atomic E-state index is 3.63. The predicted octanol–water partition coefficient (Wildman–Crippen LogP) is 3.78. The molecular weight excluding hydrogens is 214 g/mol. The Morgan fingerprint density at radius 3 is 2.75 bits per heavy atom. The molecule has 0 fully saturated rings. The highest BCUT2D eigenvalue weighted by Crippen LogP contribution is 2.44. The first-order valence-corrected chi connectivity index (χ1v) is 7.02. The summed E-state index contributed by atoms with van der Waals surface area (Å²) >= 11 is 2.02.